The van der Waals surface area contributed by atoms with E-state index in [9.17, 15) is 9.59 Å². The first-order valence-corrected chi connectivity index (χ1v) is 6.43. The van der Waals surface area contributed by atoms with E-state index in [0.29, 0.717) is 11.4 Å². The van der Waals surface area contributed by atoms with Gasteiger partial charge in [0, 0.05) is 20.3 Å². The Balaban J connectivity index is 2.23. The molecule has 21 heavy (non-hydrogen) atoms. The molecule has 0 radical (unpaired) electrons. The molecule has 2 N–H and O–H groups in total. The average molecular weight is 287 g/mol. The highest BCUT2D eigenvalue weighted by Crippen LogP contribution is 2.24. The molecular formula is C15H17N3O3. The molecule has 0 atom stereocenters. The highest BCUT2D eigenvalue weighted by Gasteiger charge is 2.14. The van der Waals surface area contributed by atoms with Crippen LogP contribution in [0.15, 0.2) is 42.6 Å². The lowest BCUT2D eigenvalue weighted by Crippen LogP contribution is -2.21. The molecule has 2 rings (SSSR count). The zero-order valence-corrected chi connectivity index (χ0v) is 11.9. The Hall–Kier alpha value is -2.76. The minimum Gasteiger partial charge on any atom is -0.480 e. The third-order valence-corrected chi connectivity index (χ3v) is 3.00. The van der Waals surface area contributed by atoms with Crippen molar-refractivity contribution in [3.8, 4) is 0 Å². The van der Waals surface area contributed by atoms with Crippen LogP contribution in [0.2, 0.25) is 0 Å². The van der Waals surface area contributed by atoms with Crippen LogP contribution in [0.1, 0.15) is 10.5 Å². The monoisotopic (exact) mass is 287 g/mol. The number of carbonyl (C=O) groups is 2. The molecule has 1 aromatic carbocycles. The number of nitrogens with one attached hydrogen (secondary N) is 1. The van der Waals surface area contributed by atoms with Crippen molar-refractivity contribution >= 4 is 23.3 Å². The molecule has 0 aliphatic heterocycles. The molecule has 0 aliphatic carbocycles. The second-order valence-corrected chi connectivity index (χ2v) is 4.78. The Bertz CT molecular complexity index is 662. The summed E-state index contributed by atoms with van der Waals surface area (Å²) in [4.78, 5) is 25.0. The lowest BCUT2D eigenvalue weighted by Gasteiger charge is -2.18. The summed E-state index contributed by atoms with van der Waals surface area (Å²) in [6.45, 7) is -0.245. The molecule has 2 aromatic rings. The number of aliphatic carboxylic acids is 1. The van der Waals surface area contributed by atoms with Crippen LogP contribution in [0.5, 0.6) is 0 Å². The molecule has 0 unspecified atom stereocenters. The van der Waals surface area contributed by atoms with E-state index in [2.05, 4.69) is 5.32 Å². The van der Waals surface area contributed by atoms with E-state index in [1.54, 1.807) is 24.4 Å². The molecule has 1 heterocycles. The normalized spacial score (nSPS) is 10.2. The third kappa shape index (κ3) is 3.42. The molecule has 0 spiro atoms. The van der Waals surface area contributed by atoms with Gasteiger partial charge in [0.15, 0.2) is 0 Å². The van der Waals surface area contributed by atoms with Gasteiger partial charge in [-0.1, -0.05) is 12.1 Å². The van der Waals surface area contributed by atoms with Crippen LogP contribution in [-0.4, -0.2) is 35.6 Å². The number of carboxylic acids is 1. The van der Waals surface area contributed by atoms with E-state index < -0.39 is 5.97 Å². The van der Waals surface area contributed by atoms with Gasteiger partial charge in [0.25, 0.3) is 5.91 Å². The molecule has 1 amide bonds. The number of anilines is 2. The fraction of sp³-hybridized carbons (Fsp3) is 0.200. The van der Waals surface area contributed by atoms with Crippen LogP contribution < -0.4 is 10.2 Å². The third-order valence-electron chi connectivity index (χ3n) is 3.00. The van der Waals surface area contributed by atoms with Crippen molar-refractivity contribution in [2.45, 2.75) is 6.54 Å². The Kier molecular flexibility index (Phi) is 4.27. The lowest BCUT2D eigenvalue weighted by molar-refractivity contribution is -0.137. The smallest absolute Gasteiger partial charge is 0.323 e. The first-order valence-electron chi connectivity index (χ1n) is 6.43. The quantitative estimate of drug-likeness (QED) is 0.880. The van der Waals surface area contributed by atoms with Crippen LogP contribution >= 0.6 is 0 Å². The fourth-order valence-corrected chi connectivity index (χ4v) is 2.06. The van der Waals surface area contributed by atoms with Gasteiger partial charge in [-0.15, -0.1) is 0 Å². The van der Waals surface area contributed by atoms with Crippen molar-refractivity contribution in [1.29, 1.82) is 0 Å². The fourth-order valence-electron chi connectivity index (χ4n) is 2.06. The van der Waals surface area contributed by atoms with Gasteiger partial charge in [-0.05, 0) is 24.3 Å². The van der Waals surface area contributed by atoms with Crippen LogP contribution in [0.25, 0.3) is 0 Å². The van der Waals surface area contributed by atoms with Crippen LogP contribution in [0, 0.1) is 0 Å². The van der Waals surface area contributed by atoms with Gasteiger partial charge in [0.2, 0.25) is 0 Å². The standard InChI is InChI=1S/C15H17N3O3/c1-17(2)12-7-4-3-6-11(12)16-15(21)13-8-5-9-18(13)10-14(19)20/h3-9H,10H2,1-2H3,(H,16,21)(H,19,20). The summed E-state index contributed by atoms with van der Waals surface area (Å²) < 4.78 is 1.40. The van der Waals surface area contributed by atoms with E-state index >= 15 is 0 Å². The maximum atomic E-state index is 12.3. The number of benzene rings is 1. The minimum atomic E-state index is -0.992. The molecule has 1 aromatic heterocycles. The molecule has 0 fully saturated rings. The zero-order chi connectivity index (χ0) is 15.4. The van der Waals surface area contributed by atoms with Crippen molar-refractivity contribution < 1.29 is 14.7 Å². The Labute approximate surface area is 122 Å². The first-order chi connectivity index (χ1) is 9.99. The number of aromatic nitrogens is 1. The van der Waals surface area contributed by atoms with Crippen LogP contribution in [0.3, 0.4) is 0 Å². The predicted octanol–water partition coefficient (Wildman–Crippen LogP) is 1.89. The van der Waals surface area contributed by atoms with Gasteiger partial charge < -0.3 is 19.9 Å². The largest absolute Gasteiger partial charge is 0.480 e. The van der Waals surface area contributed by atoms with Crippen molar-refractivity contribution in [1.82, 2.24) is 4.57 Å². The lowest BCUT2D eigenvalue weighted by atomic mass is 10.2. The maximum Gasteiger partial charge on any atom is 0.323 e. The van der Waals surface area contributed by atoms with Gasteiger partial charge in [0.1, 0.15) is 12.2 Å². The highest BCUT2D eigenvalue weighted by atomic mass is 16.4. The van der Waals surface area contributed by atoms with Crippen molar-refractivity contribution in [2.24, 2.45) is 0 Å². The average Bonchev–Trinajstić information content (AvgIpc) is 2.86. The second kappa shape index (κ2) is 6.13. The van der Waals surface area contributed by atoms with E-state index in [-0.39, 0.29) is 12.5 Å². The first kappa shape index (κ1) is 14.6. The number of carbonyl (C=O) groups excluding carboxylic acids is 1. The number of amides is 1. The Morgan fingerprint density at radius 3 is 2.57 bits per heavy atom. The van der Waals surface area contributed by atoms with Gasteiger partial charge >= 0.3 is 5.97 Å². The highest BCUT2D eigenvalue weighted by molar-refractivity contribution is 6.05. The van der Waals surface area contributed by atoms with E-state index in [1.165, 1.54) is 4.57 Å². The van der Waals surface area contributed by atoms with Gasteiger partial charge in [-0.25, -0.2) is 0 Å². The molecule has 0 aliphatic rings. The van der Waals surface area contributed by atoms with Crippen molar-refractivity contribution in [2.75, 3.05) is 24.3 Å². The van der Waals surface area contributed by atoms with Crippen LogP contribution in [-0.2, 0) is 11.3 Å². The number of hydrogen-bond donors (Lipinski definition) is 2. The summed E-state index contributed by atoms with van der Waals surface area (Å²) in [5.41, 5.74) is 1.86. The molecule has 0 bridgehead atoms. The Morgan fingerprint density at radius 1 is 1.19 bits per heavy atom. The van der Waals surface area contributed by atoms with Crippen molar-refractivity contribution in [3.05, 3.63) is 48.3 Å². The molecule has 110 valence electrons. The van der Waals surface area contributed by atoms with Gasteiger partial charge in [0.05, 0.1) is 11.4 Å². The topological polar surface area (TPSA) is 74.6 Å². The summed E-state index contributed by atoms with van der Waals surface area (Å²) in [6, 6.07) is 10.7. The van der Waals surface area contributed by atoms with Crippen molar-refractivity contribution in [3.63, 3.8) is 0 Å². The SMILES string of the molecule is CN(C)c1ccccc1NC(=O)c1cccn1CC(=O)O. The molecular weight excluding hydrogens is 270 g/mol. The number of nitrogens with zero attached hydrogens (tertiary/aromatic N) is 2. The second-order valence-electron chi connectivity index (χ2n) is 4.78. The van der Waals surface area contributed by atoms with Gasteiger partial charge in [-0.3, -0.25) is 9.59 Å². The molecule has 0 saturated carbocycles. The number of carboxylic acid groups (broad SMARTS) is 1. The predicted molar refractivity (Wildman–Crippen MR) is 80.8 cm³/mol. The summed E-state index contributed by atoms with van der Waals surface area (Å²) in [5.74, 6) is -1.33. The van der Waals surface area contributed by atoms with Crippen LogP contribution in [0.4, 0.5) is 11.4 Å². The molecule has 6 heteroatoms. The summed E-state index contributed by atoms with van der Waals surface area (Å²) >= 11 is 0. The number of hydrogen-bond acceptors (Lipinski definition) is 3. The van der Waals surface area contributed by atoms with E-state index in [4.69, 9.17) is 5.11 Å². The Morgan fingerprint density at radius 2 is 1.90 bits per heavy atom. The number of rotatable bonds is 5. The summed E-state index contributed by atoms with van der Waals surface area (Å²) in [6.07, 6.45) is 1.57. The summed E-state index contributed by atoms with van der Waals surface area (Å²) in [5, 5.41) is 11.7. The molecule has 0 saturated heterocycles. The minimum absolute atomic E-state index is 0.245. The van der Waals surface area contributed by atoms with Gasteiger partial charge in [-0.2, -0.15) is 0 Å². The van der Waals surface area contributed by atoms with E-state index in [1.807, 2.05) is 37.2 Å². The van der Waals surface area contributed by atoms with E-state index in [0.717, 1.165) is 5.69 Å². The maximum absolute atomic E-state index is 12.3. The molecule has 6 nitrogen and oxygen atoms in total. The zero-order valence-electron chi connectivity index (χ0n) is 11.9. The summed E-state index contributed by atoms with van der Waals surface area (Å²) in [7, 11) is 3.77. The number of para-hydroxylation sites is 2.